The number of fused-ring (bicyclic) bond motifs is 1. The number of esters is 1. The minimum absolute atomic E-state index is 0.157. The zero-order valence-electron chi connectivity index (χ0n) is 12.4. The third-order valence-electron chi connectivity index (χ3n) is 4.12. The fourth-order valence-corrected chi connectivity index (χ4v) is 3.12. The Bertz CT molecular complexity index is 593. The number of carbonyl (C=O) groups is 1. The summed E-state index contributed by atoms with van der Waals surface area (Å²) in [5.74, 6) is 0.0452. The molecule has 0 unspecified atom stereocenters. The molecule has 7 heteroatoms. The number of ether oxygens (including phenoxy) is 3. The Morgan fingerprint density at radius 1 is 1.50 bits per heavy atom. The van der Waals surface area contributed by atoms with Gasteiger partial charge in [-0.15, -0.1) is 0 Å². The van der Waals surface area contributed by atoms with Crippen LogP contribution < -0.4 is 15.8 Å². The number of benzene rings is 1. The molecule has 2 atom stereocenters. The molecule has 0 radical (unpaired) electrons. The van der Waals surface area contributed by atoms with Crippen molar-refractivity contribution in [1.29, 1.82) is 0 Å². The smallest absolute Gasteiger partial charge is 0.342 e. The second kappa shape index (κ2) is 6.32. The van der Waals surface area contributed by atoms with Gasteiger partial charge >= 0.3 is 5.97 Å². The van der Waals surface area contributed by atoms with Crippen molar-refractivity contribution in [1.82, 2.24) is 5.32 Å². The number of halogens is 1. The summed E-state index contributed by atoms with van der Waals surface area (Å²) in [5.41, 5.74) is 7.53. The molecule has 3 N–H and O–H groups in total. The first-order valence-corrected chi connectivity index (χ1v) is 7.67. The van der Waals surface area contributed by atoms with Gasteiger partial charge in [-0.2, -0.15) is 0 Å². The topological polar surface area (TPSA) is 82.8 Å². The van der Waals surface area contributed by atoms with Gasteiger partial charge in [-0.05, 0) is 19.0 Å². The van der Waals surface area contributed by atoms with Gasteiger partial charge in [-0.25, -0.2) is 4.79 Å². The van der Waals surface area contributed by atoms with Crippen LogP contribution in [0.1, 0.15) is 22.3 Å². The molecule has 0 aromatic heterocycles. The Hall–Kier alpha value is -1.50. The van der Waals surface area contributed by atoms with E-state index >= 15 is 0 Å². The molecular formula is C15H19ClN2O4. The number of hydrogen-bond donors (Lipinski definition) is 2. The van der Waals surface area contributed by atoms with E-state index in [9.17, 15) is 4.79 Å². The van der Waals surface area contributed by atoms with Gasteiger partial charge in [0.25, 0.3) is 0 Å². The first kappa shape index (κ1) is 15.4. The second-order valence-corrected chi connectivity index (χ2v) is 5.84. The van der Waals surface area contributed by atoms with E-state index < -0.39 is 5.97 Å². The average Bonchev–Trinajstić information content (AvgIpc) is 3.01. The normalized spacial score (nSPS) is 23.7. The summed E-state index contributed by atoms with van der Waals surface area (Å²) < 4.78 is 16.5. The molecule has 0 saturated carbocycles. The first-order valence-electron chi connectivity index (χ1n) is 7.30. The quantitative estimate of drug-likeness (QED) is 0.645. The van der Waals surface area contributed by atoms with E-state index in [0.29, 0.717) is 48.0 Å². The van der Waals surface area contributed by atoms with Gasteiger partial charge in [-0.1, -0.05) is 11.6 Å². The highest BCUT2D eigenvalue weighted by Gasteiger charge is 2.31. The number of nitrogen functional groups attached to an aromatic ring is 1. The molecule has 6 nitrogen and oxygen atoms in total. The van der Waals surface area contributed by atoms with E-state index in [4.69, 9.17) is 31.5 Å². The monoisotopic (exact) mass is 326 g/mol. The van der Waals surface area contributed by atoms with Crippen LogP contribution in [-0.2, 0) is 15.9 Å². The third-order valence-corrected chi connectivity index (χ3v) is 4.43. The van der Waals surface area contributed by atoms with Crippen molar-refractivity contribution < 1.29 is 19.0 Å². The lowest BCUT2D eigenvalue weighted by Crippen LogP contribution is -2.47. The number of piperidine rings is 1. The molecule has 3 rings (SSSR count). The van der Waals surface area contributed by atoms with Crippen LogP contribution in [0.4, 0.5) is 5.69 Å². The zero-order chi connectivity index (χ0) is 15.7. The predicted octanol–water partition coefficient (Wildman–Crippen LogP) is 1.39. The molecule has 0 spiro atoms. The maximum absolute atomic E-state index is 12.5. The zero-order valence-corrected chi connectivity index (χ0v) is 13.1. The summed E-state index contributed by atoms with van der Waals surface area (Å²) in [6.45, 7) is 1.94. The molecule has 0 bridgehead atoms. The standard InChI is InChI=1S/C15H19ClN2O4/c1-20-12-7-18-4-2-11(12)22-15(19)9-6-10(16)13(17)8-3-5-21-14(8)9/h6,11-12,18H,2-5,7,17H2,1H3/t11-,12+/m1/s1. The first-order chi connectivity index (χ1) is 10.6. The van der Waals surface area contributed by atoms with Gasteiger partial charge in [0.2, 0.25) is 0 Å². The molecular weight excluding hydrogens is 308 g/mol. The van der Waals surface area contributed by atoms with Crippen LogP contribution in [0.3, 0.4) is 0 Å². The van der Waals surface area contributed by atoms with Crippen LogP contribution in [0.25, 0.3) is 0 Å². The molecule has 0 amide bonds. The van der Waals surface area contributed by atoms with Crippen LogP contribution >= 0.6 is 11.6 Å². The maximum atomic E-state index is 12.5. The fourth-order valence-electron chi connectivity index (χ4n) is 2.90. The van der Waals surface area contributed by atoms with E-state index in [2.05, 4.69) is 5.32 Å². The maximum Gasteiger partial charge on any atom is 0.342 e. The van der Waals surface area contributed by atoms with Crippen LogP contribution in [-0.4, -0.2) is 45.0 Å². The van der Waals surface area contributed by atoms with Crippen molar-refractivity contribution in [3.8, 4) is 5.75 Å². The summed E-state index contributed by atoms with van der Waals surface area (Å²) in [6.07, 6.45) is 0.912. The molecule has 1 aromatic carbocycles. The van der Waals surface area contributed by atoms with E-state index in [1.54, 1.807) is 7.11 Å². The van der Waals surface area contributed by atoms with Crippen molar-refractivity contribution >= 4 is 23.3 Å². The number of nitrogens with one attached hydrogen (secondary N) is 1. The summed E-state index contributed by atoms with van der Waals surface area (Å²) in [7, 11) is 1.61. The summed E-state index contributed by atoms with van der Waals surface area (Å²) >= 11 is 6.12. The van der Waals surface area contributed by atoms with E-state index in [-0.39, 0.29) is 12.2 Å². The van der Waals surface area contributed by atoms with Crippen LogP contribution in [0.5, 0.6) is 5.75 Å². The largest absolute Gasteiger partial charge is 0.492 e. The third kappa shape index (κ3) is 2.74. The Labute approximate surface area is 133 Å². The van der Waals surface area contributed by atoms with Gasteiger partial charge in [0.05, 0.1) is 17.3 Å². The van der Waals surface area contributed by atoms with Crippen molar-refractivity contribution in [3.05, 3.63) is 22.2 Å². The number of nitrogens with two attached hydrogens (primary N) is 1. The molecule has 2 aliphatic heterocycles. The molecule has 2 aliphatic rings. The van der Waals surface area contributed by atoms with E-state index in [0.717, 1.165) is 12.1 Å². The highest BCUT2D eigenvalue weighted by Crippen LogP contribution is 2.39. The lowest BCUT2D eigenvalue weighted by molar-refractivity contribution is -0.0475. The summed E-state index contributed by atoms with van der Waals surface area (Å²) in [5, 5.41) is 3.56. The van der Waals surface area contributed by atoms with Crippen molar-refractivity contribution in [2.24, 2.45) is 0 Å². The van der Waals surface area contributed by atoms with Gasteiger partial charge in [-0.3, -0.25) is 0 Å². The predicted molar refractivity (Wildman–Crippen MR) is 82.6 cm³/mol. The number of rotatable bonds is 3. The Kier molecular flexibility index (Phi) is 4.42. The van der Waals surface area contributed by atoms with Crippen molar-refractivity contribution in [2.45, 2.75) is 25.0 Å². The fraction of sp³-hybridized carbons (Fsp3) is 0.533. The Morgan fingerprint density at radius 3 is 3.09 bits per heavy atom. The van der Waals surface area contributed by atoms with Crippen molar-refractivity contribution in [3.63, 3.8) is 0 Å². The molecule has 22 heavy (non-hydrogen) atoms. The van der Waals surface area contributed by atoms with Crippen LogP contribution in [0.2, 0.25) is 5.02 Å². The van der Waals surface area contributed by atoms with E-state index in [1.807, 2.05) is 0 Å². The van der Waals surface area contributed by atoms with Crippen LogP contribution in [0, 0.1) is 0 Å². The minimum atomic E-state index is -0.450. The molecule has 0 aliphatic carbocycles. The van der Waals surface area contributed by atoms with Gasteiger partial charge in [0, 0.05) is 25.6 Å². The summed E-state index contributed by atoms with van der Waals surface area (Å²) in [4.78, 5) is 12.5. The SMILES string of the molecule is CO[C@H]1CNCC[C@H]1OC(=O)c1cc(Cl)c(N)c2c1OCC2. The molecule has 2 heterocycles. The lowest BCUT2D eigenvalue weighted by atomic mass is 10.0. The average molecular weight is 327 g/mol. The molecule has 120 valence electrons. The Morgan fingerprint density at radius 2 is 2.32 bits per heavy atom. The molecule has 1 fully saturated rings. The Balaban J connectivity index is 1.84. The van der Waals surface area contributed by atoms with E-state index in [1.165, 1.54) is 6.07 Å². The second-order valence-electron chi connectivity index (χ2n) is 5.44. The highest BCUT2D eigenvalue weighted by atomic mass is 35.5. The van der Waals surface area contributed by atoms with Crippen molar-refractivity contribution in [2.75, 3.05) is 32.5 Å². The van der Waals surface area contributed by atoms with Crippen LogP contribution in [0.15, 0.2) is 6.07 Å². The van der Waals surface area contributed by atoms with Gasteiger partial charge < -0.3 is 25.3 Å². The number of carbonyl (C=O) groups excluding carboxylic acids is 1. The number of anilines is 1. The molecule has 1 saturated heterocycles. The molecule has 1 aromatic rings. The summed E-state index contributed by atoms with van der Waals surface area (Å²) in [6, 6.07) is 1.52. The number of methoxy groups -OCH3 is 1. The minimum Gasteiger partial charge on any atom is -0.492 e. The highest BCUT2D eigenvalue weighted by molar-refractivity contribution is 6.33. The van der Waals surface area contributed by atoms with Gasteiger partial charge in [0.1, 0.15) is 23.5 Å². The number of hydrogen-bond acceptors (Lipinski definition) is 6. The van der Waals surface area contributed by atoms with Gasteiger partial charge in [0.15, 0.2) is 0 Å². The lowest BCUT2D eigenvalue weighted by Gasteiger charge is -2.30.